The summed E-state index contributed by atoms with van der Waals surface area (Å²) in [5.41, 5.74) is 2.42. The summed E-state index contributed by atoms with van der Waals surface area (Å²) in [6, 6.07) is 8.17. The van der Waals surface area contributed by atoms with Gasteiger partial charge in [0.2, 0.25) is 5.91 Å². The highest BCUT2D eigenvalue weighted by Gasteiger charge is 2.51. The number of carboxylic acids is 1. The highest BCUT2D eigenvalue weighted by Crippen LogP contribution is 2.60. The molecule has 5 heteroatoms. The number of carboxylic acid groups (broad SMARTS) is 1. The van der Waals surface area contributed by atoms with Gasteiger partial charge in [0.15, 0.2) is 0 Å². The molecule has 4 nitrogen and oxygen atoms in total. The first-order valence-electron chi connectivity index (χ1n) is 9.74. The van der Waals surface area contributed by atoms with Gasteiger partial charge in [0.05, 0.1) is 0 Å². The third-order valence-electron chi connectivity index (χ3n) is 6.84. The van der Waals surface area contributed by atoms with Crippen LogP contribution in [-0.2, 0) is 15.0 Å². The summed E-state index contributed by atoms with van der Waals surface area (Å²) in [6.45, 7) is 0. The summed E-state index contributed by atoms with van der Waals surface area (Å²) < 4.78 is 0. The monoisotopic (exact) mass is 373 g/mol. The molecule has 0 saturated heterocycles. The second-order valence-electron chi connectivity index (χ2n) is 8.67. The quantitative estimate of drug-likeness (QED) is 0.519. The van der Waals surface area contributed by atoms with Crippen LogP contribution in [0.2, 0.25) is 0 Å². The number of carbonyl (C=O) groups excluding carboxylic acids is 1. The first kappa shape index (κ1) is 17.9. The molecule has 4 saturated carbocycles. The zero-order valence-corrected chi connectivity index (χ0v) is 15.9. The van der Waals surface area contributed by atoms with E-state index in [0.717, 1.165) is 17.8 Å². The summed E-state index contributed by atoms with van der Waals surface area (Å²) in [6.07, 6.45) is 8.45. The molecular weight excluding hydrogens is 346 g/mol. The van der Waals surface area contributed by atoms with Crippen LogP contribution in [0.5, 0.6) is 0 Å². The molecule has 1 aromatic carbocycles. The predicted molar refractivity (Wildman–Crippen MR) is 105 cm³/mol. The Kier molecular flexibility index (Phi) is 4.76. The number of amides is 1. The van der Waals surface area contributed by atoms with E-state index in [4.69, 9.17) is 0 Å². The van der Waals surface area contributed by atoms with Gasteiger partial charge in [-0.3, -0.25) is 9.59 Å². The van der Waals surface area contributed by atoms with E-state index < -0.39 is 17.8 Å². The van der Waals surface area contributed by atoms with Crippen molar-refractivity contribution in [2.24, 2.45) is 23.7 Å². The minimum absolute atomic E-state index is 0.232. The fourth-order valence-corrected chi connectivity index (χ4v) is 6.35. The van der Waals surface area contributed by atoms with E-state index in [-0.39, 0.29) is 6.42 Å². The molecule has 140 valence electrons. The number of aliphatic carboxylic acids is 1. The number of hydrogen-bond donors (Lipinski definition) is 3. The van der Waals surface area contributed by atoms with Gasteiger partial charge in [-0.1, -0.05) is 12.1 Å². The second kappa shape index (κ2) is 6.91. The highest BCUT2D eigenvalue weighted by molar-refractivity contribution is 7.80. The van der Waals surface area contributed by atoms with Crippen LogP contribution >= 0.6 is 12.6 Å². The maximum absolute atomic E-state index is 12.2. The van der Waals surface area contributed by atoms with E-state index in [1.165, 1.54) is 44.1 Å². The number of benzene rings is 1. The molecule has 1 aromatic rings. The van der Waals surface area contributed by atoms with Gasteiger partial charge in [-0.25, -0.2) is 0 Å². The van der Waals surface area contributed by atoms with Crippen LogP contribution in [-0.4, -0.2) is 22.7 Å². The molecule has 1 amide bonds. The van der Waals surface area contributed by atoms with Crippen molar-refractivity contribution in [3.05, 3.63) is 29.8 Å². The first-order valence-corrected chi connectivity index (χ1v) is 10.4. The molecule has 0 spiro atoms. The smallest absolute Gasteiger partial charge is 0.316 e. The van der Waals surface area contributed by atoms with Gasteiger partial charge < -0.3 is 10.4 Å². The Balaban J connectivity index is 1.47. The highest BCUT2D eigenvalue weighted by atomic mass is 32.1. The van der Waals surface area contributed by atoms with Gasteiger partial charge in [0.1, 0.15) is 5.92 Å². The zero-order chi connectivity index (χ0) is 18.3. The van der Waals surface area contributed by atoms with Gasteiger partial charge in [-0.15, -0.1) is 0 Å². The maximum Gasteiger partial charge on any atom is 0.316 e. The van der Waals surface area contributed by atoms with Crippen molar-refractivity contribution in [3.8, 4) is 0 Å². The number of hydrogen-bond acceptors (Lipinski definition) is 3. The Morgan fingerprint density at radius 2 is 1.62 bits per heavy atom. The third kappa shape index (κ3) is 3.26. The predicted octanol–water partition coefficient (Wildman–Crippen LogP) is 4.11. The molecule has 4 aliphatic carbocycles. The number of nitrogens with one attached hydrogen (secondary N) is 1. The molecule has 5 rings (SSSR count). The second-order valence-corrected chi connectivity index (χ2v) is 9.11. The topological polar surface area (TPSA) is 66.4 Å². The van der Waals surface area contributed by atoms with Crippen LogP contribution in [0.15, 0.2) is 24.3 Å². The first-order chi connectivity index (χ1) is 12.5. The van der Waals surface area contributed by atoms with Gasteiger partial charge in [-0.2, -0.15) is 12.6 Å². The van der Waals surface area contributed by atoms with E-state index in [9.17, 15) is 14.7 Å². The molecule has 0 radical (unpaired) electrons. The van der Waals surface area contributed by atoms with Gasteiger partial charge in [-0.05, 0) is 91.6 Å². The van der Waals surface area contributed by atoms with E-state index in [0.29, 0.717) is 16.9 Å². The Hall–Kier alpha value is -1.49. The maximum atomic E-state index is 12.2. The Morgan fingerprint density at radius 3 is 2.08 bits per heavy atom. The largest absolute Gasteiger partial charge is 0.481 e. The molecule has 4 aliphatic rings. The van der Waals surface area contributed by atoms with E-state index in [1.54, 1.807) is 0 Å². The number of carbonyl (C=O) groups is 2. The average Bonchev–Trinajstić information content (AvgIpc) is 2.58. The lowest BCUT2D eigenvalue weighted by molar-refractivity contribution is -0.145. The minimum Gasteiger partial charge on any atom is -0.481 e. The Bertz CT molecular complexity index is 664. The third-order valence-corrected chi connectivity index (χ3v) is 7.09. The van der Waals surface area contributed by atoms with E-state index >= 15 is 0 Å². The van der Waals surface area contributed by atoms with Crippen LogP contribution in [0.25, 0.3) is 0 Å². The molecule has 0 heterocycles. The Morgan fingerprint density at radius 1 is 1.08 bits per heavy atom. The van der Waals surface area contributed by atoms with E-state index in [2.05, 4.69) is 30.1 Å². The van der Waals surface area contributed by atoms with Crippen molar-refractivity contribution in [3.63, 3.8) is 0 Å². The van der Waals surface area contributed by atoms with Gasteiger partial charge in [0.25, 0.3) is 0 Å². The molecule has 1 atom stereocenters. The van der Waals surface area contributed by atoms with Gasteiger partial charge >= 0.3 is 5.97 Å². The number of rotatable bonds is 6. The number of thiol groups is 1. The van der Waals surface area contributed by atoms with Crippen molar-refractivity contribution in [1.82, 2.24) is 0 Å². The molecule has 0 unspecified atom stereocenters. The fraction of sp³-hybridized carbons (Fsp3) is 0.619. The standard InChI is InChI=1S/C21H27NO3S/c23-19(18(5-6-26)20(24)25)22-17-3-1-16(2-4-17)21-10-13-7-14(11-21)9-15(8-13)12-21/h1-4,13-15,18,26H,5-12H2,(H,22,23)(H,24,25)/t13?,14?,15?,18-,21?/m0/s1. The summed E-state index contributed by atoms with van der Waals surface area (Å²) in [7, 11) is 0. The molecule has 4 fully saturated rings. The Labute approximate surface area is 160 Å². The van der Waals surface area contributed by atoms with Crippen molar-refractivity contribution in [1.29, 1.82) is 0 Å². The summed E-state index contributed by atoms with van der Waals surface area (Å²) in [5, 5.41) is 12.0. The SMILES string of the molecule is O=C(O)[C@@H](CCS)C(=O)Nc1ccc(C23CC4CC(CC(C4)C2)C3)cc1. The zero-order valence-electron chi connectivity index (χ0n) is 15.0. The van der Waals surface area contributed by atoms with Crippen molar-refractivity contribution in [2.45, 2.75) is 50.4 Å². The van der Waals surface area contributed by atoms with E-state index in [1.807, 2.05) is 12.1 Å². The lowest BCUT2D eigenvalue weighted by atomic mass is 9.48. The lowest BCUT2D eigenvalue weighted by Crippen LogP contribution is -2.48. The van der Waals surface area contributed by atoms with Crippen LogP contribution in [0.3, 0.4) is 0 Å². The van der Waals surface area contributed by atoms with Crippen LogP contribution in [0, 0.1) is 23.7 Å². The van der Waals surface area contributed by atoms with Crippen LogP contribution in [0.4, 0.5) is 5.69 Å². The molecule has 0 aromatic heterocycles. The van der Waals surface area contributed by atoms with Crippen molar-refractivity contribution >= 4 is 30.2 Å². The lowest BCUT2D eigenvalue weighted by Gasteiger charge is -2.57. The summed E-state index contributed by atoms with van der Waals surface area (Å²) >= 11 is 4.05. The summed E-state index contributed by atoms with van der Waals surface area (Å²) in [4.78, 5) is 23.5. The fourth-order valence-electron chi connectivity index (χ4n) is 6.10. The summed E-state index contributed by atoms with van der Waals surface area (Å²) in [5.74, 6) is 0.468. The average molecular weight is 374 g/mol. The molecule has 4 bridgehead atoms. The molecule has 26 heavy (non-hydrogen) atoms. The van der Waals surface area contributed by atoms with Crippen molar-refractivity contribution in [2.75, 3.05) is 11.1 Å². The minimum atomic E-state index is -1.10. The molecular formula is C21H27NO3S. The normalized spacial score (nSPS) is 33.0. The van der Waals surface area contributed by atoms with Crippen LogP contribution in [0.1, 0.15) is 50.5 Å². The number of anilines is 1. The molecule has 2 N–H and O–H groups in total. The van der Waals surface area contributed by atoms with Gasteiger partial charge in [0, 0.05) is 5.69 Å². The van der Waals surface area contributed by atoms with Crippen LogP contribution < -0.4 is 5.32 Å². The van der Waals surface area contributed by atoms with Crippen molar-refractivity contribution < 1.29 is 14.7 Å². The molecule has 0 aliphatic heterocycles.